The van der Waals surface area contributed by atoms with Gasteiger partial charge in [-0.25, -0.2) is 0 Å². The molecule has 3 aliphatic rings. The van der Waals surface area contributed by atoms with Gasteiger partial charge in [0.2, 0.25) is 0 Å². The number of hydrogen-bond donors (Lipinski definition) is 0. The quantitative estimate of drug-likeness (QED) is 0.764. The molecular formula is C15H28N2O. The predicted molar refractivity (Wildman–Crippen MR) is 73.8 cm³/mol. The molecule has 3 heteroatoms. The molecule has 3 aliphatic heterocycles. The van der Waals surface area contributed by atoms with Crippen LogP contribution in [0.15, 0.2) is 0 Å². The van der Waals surface area contributed by atoms with Crippen molar-refractivity contribution in [1.29, 1.82) is 0 Å². The Hall–Kier alpha value is -0.120. The van der Waals surface area contributed by atoms with Crippen LogP contribution in [-0.4, -0.2) is 60.8 Å². The van der Waals surface area contributed by atoms with Gasteiger partial charge in [0.1, 0.15) is 0 Å². The van der Waals surface area contributed by atoms with E-state index in [-0.39, 0.29) is 0 Å². The van der Waals surface area contributed by atoms with Crippen molar-refractivity contribution in [2.24, 2.45) is 5.92 Å². The number of nitrogens with zero attached hydrogens (tertiary/aromatic N) is 2. The molecule has 0 saturated carbocycles. The molecule has 3 fully saturated rings. The van der Waals surface area contributed by atoms with Crippen LogP contribution in [0.5, 0.6) is 0 Å². The van der Waals surface area contributed by atoms with Gasteiger partial charge in [-0.2, -0.15) is 0 Å². The van der Waals surface area contributed by atoms with Crippen LogP contribution in [0.25, 0.3) is 0 Å². The number of fused-ring (bicyclic) bond motifs is 1. The SMILES string of the molecule is CCC1CN2CCCC2CN1C(C)C1CCOC1. The monoisotopic (exact) mass is 252 g/mol. The summed E-state index contributed by atoms with van der Waals surface area (Å²) in [6.07, 6.45) is 5.39. The Balaban J connectivity index is 1.68. The highest BCUT2D eigenvalue weighted by atomic mass is 16.5. The molecule has 3 saturated heterocycles. The molecule has 0 aromatic rings. The second kappa shape index (κ2) is 5.48. The van der Waals surface area contributed by atoms with Crippen LogP contribution in [0.4, 0.5) is 0 Å². The fourth-order valence-corrected chi connectivity index (χ4v) is 4.18. The van der Waals surface area contributed by atoms with Crippen molar-refractivity contribution in [1.82, 2.24) is 9.80 Å². The van der Waals surface area contributed by atoms with Crippen LogP contribution >= 0.6 is 0 Å². The molecule has 3 nitrogen and oxygen atoms in total. The van der Waals surface area contributed by atoms with Gasteiger partial charge in [-0.1, -0.05) is 6.92 Å². The van der Waals surface area contributed by atoms with Crippen molar-refractivity contribution in [3.05, 3.63) is 0 Å². The maximum absolute atomic E-state index is 5.59. The first kappa shape index (κ1) is 12.9. The molecule has 0 aromatic carbocycles. The first-order chi connectivity index (χ1) is 8.79. The molecule has 0 bridgehead atoms. The van der Waals surface area contributed by atoms with Gasteiger partial charge >= 0.3 is 0 Å². The lowest BCUT2D eigenvalue weighted by atomic mass is 9.94. The summed E-state index contributed by atoms with van der Waals surface area (Å²) >= 11 is 0. The average Bonchev–Trinajstić information content (AvgIpc) is 3.06. The van der Waals surface area contributed by atoms with E-state index >= 15 is 0 Å². The van der Waals surface area contributed by atoms with Crippen LogP contribution in [0, 0.1) is 5.92 Å². The summed E-state index contributed by atoms with van der Waals surface area (Å²) in [6.45, 7) is 10.7. The lowest BCUT2D eigenvalue weighted by Crippen LogP contribution is -2.59. The Morgan fingerprint density at radius 2 is 2.17 bits per heavy atom. The highest BCUT2D eigenvalue weighted by Gasteiger charge is 2.39. The average molecular weight is 252 g/mol. The van der Waals surface area contributed by atoms with Gasteiger partial charge in [-0.15, -0.1) is 0 Å². The van der Waals surface area contributed by atoms with Gasteiger partial charge < -0.3 is 4.74 Å². The van der Waals surface area contributed by atoms with E-state index in [2.05, 4.69) is 23.6 Å². The van der Waals surface area contributed by atoms with E-state index in [1.165, 1.54) is 45.3 Å². The molecule has 0 N–H and O–H groups in total. The van der Waals surface area contributed by atoms with Crippen LogP contribution in [0.1, 0.15) is 39.5 Å². The number of rotatable bonds is 3. The van der Waals surface area contributed by atoms with E-state index in [9.17, 15) is 0 Å². The first-order valence-corrected chi connectivity index (χ1v) is 7.87. The van der Waals surface area contributed by atoms with Crippen LogP contribution in [0.3, 0.4) is 0 Å². The van der Waals surface area contributed by atoms with Crippen molar-refractivity contribution >= 4 is 0 Å². The largest absolute Gasteiger partial charge is 0.381 e. The molecule has 4 unspecified atom stereocenters. The summed E-state index contributed by atoms with van der Waals surface area (Å²) in [5, 5.41) is 0. The Kier molecular flexibility index (Phi) is 3.92. The maximum atomic E-state index is 5.59. The third-order valence-corrected chi connectivity index (χ3v) is 5.48. The molecule has 4 atom stereocenters. The second-order valence-corrected chi connectivity index (χ2v) is 6.41. The molecule has 0 spiro atoms. The molecule has 0 aliphatic carbocycles. The minimum atomic E-state index is 0.709. The summed E-state index contributed by atoms with van der Waals surface area (Å²) in [7, 11) is 0. The Bertz CT molecular complexity index is 278. The third-order valence-electron chi connectivity index (χ3n) is 5.48. The van der Waals surface area contributed by atoms with Gasteiger partial charge in [0, 0.05) is 37.8 Å². The summed E-state index contributed by atoms with van der Waals surface area (Å²) in [5.74, 6) is 0.770. The highest BCUT2D eigenvalue weighted by molar-refractivity contribution is 4.95. The van der Waals surface area contributed by atoms with E-state index in [1.807, 2.05) is 0 Å². The minimum absolute atomic E-state index is 0.709. The van der Waals surface area contributed by atoms with E-state index in [0.29, 0.717) is 6.04 Å². The standard InChI is InChI=1S/C15H28N2O/c1-3-14-9-16-7-4-5-15(16)10-17(14)12(2)13-6-8-18-11-13/h12-15H,3-11H2,1-2H3. The third kappa shape index (κ3) is 2.33. The van der Waals surface area contributed by atoms with Crippen molar-refractivity contribution in [2.45, 2.75) is 57.7 Å². The summed E-state index contributed by atoms with van der Waals surface area (Å²) in [6, 6.07) is 2.33. The first-order valence-electron chi connectivity index (χ1n) is 7.87. The second-order valence-electron chi connectivity index (χ2n) is 6.41. The highest BCUT2D eigenvalue weighted by Crippen LogP contribution is 2.30. The van der Waals surface area contributed by atoms with E-state index in [0.717, 1.165) is 31.2 Å². The van der Waals surface area contributed by atoms with Gasteiger partial charge in [0.15, 0.2) is 0 Å². The maximum Gasteiger partial charge on any atom is 0.0509 e. The zero-order chi connectivity index (χ0) is 12.5. The zero-order valence-corrected chi connectivity index (χ0v) is 12.0. The van der Waals surface area contributed by atoms with Gasteiger partial charge in [0.05, 0.1) is 6.61 Å². The normalized spacial score (nSPS) is 40.0. The van der Waals surface area contributed by atoms with Crippen molar-refractivity contribution in [3.8, 4) is 0 Å². The number of hydrogen-bond acceptors (Lipinski definition) is 3. The minimum Gasteiger partial charge on any atom is -0.381 e. The Morgan fingerprint density at radius 3 is 2.89 bits per heavy atom. The van der Waals surface area contributed by atoms with Gasteiger partial charge in [0.25, 0.3) is 0 Å². The molecule has 0 aromatic heterocycles. The van der Waals surface area contributed by atoms with Crippen molar-refractivity contribution < 1.29 is 4.74 Å². The van der Waals surface area contributed by atoms with Crippen molar-refractivity contribution in [3.63, 3.8) is 0 Å². The number of ether oxygens (including phenoxy) is 1. The lowest BCUT2D eigenvalue weighted by Gasteiger charge is -2.47. The van der Waals surface area contributed by atoms with Crippen molar-refractivity contribution in [2.75, 3.05) is 32.8 Å². The molecule has 0 amide bonds. The predicted octanol–water partition coefficient (Wildman–Crippen LogP) is 1.97. The van der Waals surface area contributed by atoms with Crippen LogP contribution in [0.2, 0.25) is 0 Å². The van der Waals surface area contributed by atoms with Crippen LogP contribution < -0.4 is 0 Å². The van der Waals surface area contributed by atoms with Gasteiger partial charge in [-0.05, 0) is 45.1 Å². The fraction of sp³-hybridized carbons (Fsp3) is 1.00. The molecular weight excluding hydrogens is 224 g/mol. The van der Waals surface area contributed by atoms with E-state index < -0.39 is 0 Å². The molecule has 18 heavy (non-hydrogen) atoms. The number of piperazine rings is 1. The molecule has 0 radical (unpaired) electrons. The van der Waals surface area contributed by atoms with Gasteiger partial charge in [-0.3, -0.25) is 9.80 Å². The summed E-state index contributed by atoms with van der Waals surface area (Å²) in [4.78, 5) is 5.55. The Morgan fingerprint density at radius 1 is 1.28 bits per heavy atom. The summed E-state index contributed by atoms with van der Waals surface area (Å²) < 4.78 is 5.59. The molecule has 3 rings (SSSR count). The smallest absolute Gasteiger partial charge is 0.0509 e. The van der Waals surface area contributed by atoms with E-state index in [1.54, 1.807) is 0 Å². The van der Waals surface area contributed by atoms with E-state index in [4.69, 9.17) is 4.74 Å². The zero-order valence-electron chi connectivity index (χ0n) is 12.0. The lowest BCUT2D eigenvalue weighted by molar-refractivity contribution is 0.00388. The molecule has 104 valence electrons. The fourth-order valence-electron chi connectivity index (χ4n) is 4.18. The summed E-state index contributed by atoms with van der Waals surface area (Å²) in [5.41, 5.74) is 0. The molecule has 3 heterocycles. The Labute approximate surface area is 111 Å². The van der Waals surface area contributed by atoms with Crippen LogP contribution in [-0.2, 0) is 4.74 Å². The topological polar surface area (TPSA) is 15.7 Å².